The molecule has 1 heterocycles. The molecule has 116 valence electrons. The molecule has 22 heavy (non-hydrogen) atoms. The third kappa shape index (κ3) is 3.46. The third-order valence-electron chi connectivity index (χ3n) is 3.19. The number of carbonyl (C=O) groups is 1. The van der Waals surface area contributed by atoms with Crippen LogP contribution in [0.15, 0.2) is 41.3 Å². The smallest absolute Gasteiger partial charge is 0.253 e. The molecule has 6 heteroatoms. The number of hydrogen-bond donors (Lipinski definition) is 1. The van der Waals surface area contributed by atoms with Gasteiger partial charge in [0.15, 0.2) is 11.5 Å². The quantitative estimate of drug-likeness (QED) is 0.914. The second kappa shape index (κ2) is 6.80. The molecular formula is C16H18N2O4. The first-order valence-electron chi connectivity index (χ1n) is 6.73. The standard InChI is InChI=1S/C16H18N2O4/c1-11-5-4-8-18(16(11)20)10-15(19)17-12-6-7-13(21-2)14(9-12)22-3/h4-9H,10H2,1-3H3,(H,17,19). The van der Waals surface area contributed by atoms with Gasteiger partial charge in [0.1, 0.15) is 6.54 Å². The van der Waals surface area contributed by atoms with Crippen LogP contribution in [-0.4, -0.2) is 24.7 Å². The highest BCUT2D eigenvalue weighted by molar-refractivity contribution is 5.90. The van der Waals surface area contributed by atoms with Crippen LogP contribution in [0, 0.1) is 6.92 Å². The third-order valence-corrected chi connectivity index (χ3v) is 3.19. The van der Waals surface area contributed by atoms with Crippen molar-refractivity contribution in [2.45, 2.75) is 13.5 Å². The number of aryl methyl sites for hydroxylation is 1. The minimum atomic E-state index is -0.292. The van der Waals surface area contributed by atoms with E-state index in [-0.39, 0.29) is 18.0 Å². The topological polar surface area (TPSA) is 69.6 Å². The Kier molecular flexibility index (Phi) is 4.83. The molecule has 1 amide bonds. The average molecular weight is 302 g/mol. The lowest BCUT2D eigenvalue weighted by Gasteiger charge is -2.11. The van der Waals surface area contributed by atoms with Crippen LogP contribution >= 0.6 is 0 Å². The summed E-state index contributed by atoms with van der Waals surface area (Å²) >= 11 is 0. The number of amides is 1. The maximum Gasteiger partial charge on any atom is 0.253 e. The zero-order valence-electron chi connectivity index (χ0n) is 12.8. The van der Waals surface area contributed by atoms with Crippen LogP contribution in [-0.2, 0) is 11.3 Å². The molecule has 0 atom stereocenters. The van der Waals surface area contributed by atoms with Crippen molar-refractivity contribution in [3.05, 3.63) is 52.4 Å². The molecular weight excluding hydrogens is 284 g/mol. The van der Waals surface area contributed by atoms with Crippen molar-refractivity contribution in [3.8, 4) is 11.5 Å². The fraction of sp³-hybridized carbons (Fsp3) is 0.250. The molecule has 2 aromatic rings. The van der Waals surface area contributed by atoms with Crippen LogP contribution in [0.25, 0.3) is 0 Å². The van der Waals surface area contributed by atoms with Gasteiger partial charge in [-0.1, -0.05) is 6.07 Å². The molecule has 0 aliphatic rings. The Balaban J connectivity index is 2.12. The van der Waals surface area contributed by atoms with E-state index in [4.69, 9.17) is 9.47 Å². The van der Waals surface area contributed by atoms with Crippen LogP contribution < -0.4 is 20.3 Å². The Labute approximate surface area is 128 Å². The number of methoxy groups -OCH3 is 2. The molecule has 0 radical (unpaired) electrons. The predicted molar refractivity (Wildman–Crippen MR) is 83.6 cm³/mol. The van der Waals surface area contributed by atoms with Crippen LogP contribution in [0.3, 0.4) is 0 Å². The maximum atomic E-state index is 12.1. The van der Waals surface area contributed by atoms with Crippen molar-refractivity contribution in [1.29, 1.82) is 0 Å². The largest absolute Gasteiger partial charge is 0.493 e. The minimum absolute atomic E-state index is 0.0468. The molecule has 0 spiro atoms. The van der Waals surface area contributed by atoms with E-state index in [1.165, 1.54) is 11.7 Å². The summed E-state index contributed by atoms with van der Waals surface area (Å²) in [5.74, 6) is 0.809. The van der Waals surface area contributed by atoms with Crippen molar-refractivity contribution in [2.24, 2.45) is 0 Å². The molecule has 2 rings (SSSR count). The van der Waals surface area contributed by atoms with Crippen LogP contribution in [0.1, 0.15) is 5.56 Å². The van der Waals surface area contributed by atoms with Gasteiger partial charge in [-0.05, 0) is 25.1 Å². The van der Waals surface area contributed by atoms with Crippen molar-refractivity contribution in [2.75, 3.05) is 19.5 Å². The molecule has 6 nitrogen and oxygen atoms in total. The lowest BCUT2D eigenvalue weighted by Crippen LogP contribution is -2.28. The number of nitrogens with one attached hydrogen (secondary N) is 1. The molecule has 0 unspecified atom stereocenters. The maximum absolute atomic E-state index is 12.1. The van der Waals surface area contributed by atoms with Gasteiger partial charge in [0.05, 0.1) is 14.2 Å². The van der Waals surface area contributed by atoms with Gasteiger partial charge in [0.2, 0.25) is 5.91 Å². The number of hydrogen-bond acceptors (Lipinski definition) is 4. The monoisotopic (exact) mass is 302 g/mol. The normalized spacial score (nSPS) is 10.1. The number of pyridine rings is 1. The molecule has 1 aromatic heterocycles. The van der Waals surface area contributed by atoms with E-state index in [0.717, 1.165) is 0 Å². The van der Waals surface area contributed by atoms with Crippen LogP contribution in [0.5, 0.6) is 11.5 Å². The van der Waals surface area contributed by atoms with Gasteiger partial charge in [-0.3, -0.25) is 9.59 Å². The van der Waals surface area contributed by atoms with E-state index < -0.39 is 0 Å². The summed E-state index contributed by atoms with van der Waals surface area (Å²) in [7, 11) is 3.07. The predicted octanol–water partition coefficient (Wildman–Crippen LogP) is 1.81. The number of ether oxygens (including phenoxy) is 2. The minimum Gasteiger partial charge on any atom is -0.493 e. The molecule has 1 aromatic carbocycles. The van der Waals surface area contributed by atoms with Gasteiger partial charge in [0, 0.05) is 23.5 Å². The number of anilines is 1. The second-order valence-corrected chi connectivity index (χ2v) is 4.74. The van der Waals surface area contributed by atoms with Gasteiger partial charge < -0.3 is 19.4 Å². The van der Waals surface area contributed by atoms with Crippen LogP contribution in [0.4, 0.5) is 5.69 Å². The number of aromatic nitrogens is 1. The second-order valence-electron chi connectivity index (χ2n) is 4.74. The summed E-state index contributed by atoms with van der Waals surface area (Å²) in [6.45, 7) is 1.67. The number of nitrogens with zero attached hydrogens (tertiary/aromatic N) is 1. The molecule has 0 saturated heterocycles. The van der Waals surface area contributed by atoms with E-state index in [1.807, 2.05) is 0 Å². The van der Waals surface area contributed by atoms with E-state index in [1.54, 1.807) is 50.6 Å². The first kappa shape index (κ1) is 15.6. The lowest BCUT2D eigenvalue weighted by atomic mass is 10.2. The van der Waals surface area contributed by atoms with Gasteiger partial charge in [-0.15, -0.1) is 0 Å². The molecule has 0 aliphatic carbocycles. The molecule has 1 N–H and O–H groups in total. The summed E-state index contributed by atoms with van der Waals surface area (Å²) in [5.41, 5.74) is 0.995. The first-order valence-corrected chi connectivity index (χ1v) is 6.73. The highest BCUT2D eigenvalue weighted by Crippen LogP contribution is 2.29. The number of rotatable bonds is 5. The highest BCUT2D eigenvalue weighted by Gasteiger charge is 2.09. The Hall–Kier alpha value is -2.76. The summed E-state index contributed by atoms with van der Waals surface area (Å²) in [6.07, 6.45) is 1.59. The van der Waals surface area contributed by atoms with Gasteiger partial charge in [-0.2, -0.15) is 0 Å². The first-order chi connectivity index (χ1) is 10.5. The average Bonchev–Trinajstić information content (AvgIpc) is 2.51. The molecule has 0 saturated carbocycles. The van der Waals surface area contributed by atoms with Crippen molar-refractivity contribution in [3.63, 3.8) is 0 Å². The Morgan fingerprint density at radius 2 is 1.91 bits per heavy atom. The number of benzene rings is 1. The Morgan fingerprint density at radius 1 is 1.18 bits per heavy atom. The molecule has 0 bridgehead atoms. The van der Waals surface area contributed by atoms with E-state index >= 15 is 0 Å². The summed E-state index contributed by atoms with van der Waals surface area (Å²) in [5, 5.41) is 2.73. The summed E-state index contributed by atoms with van der Waals surface area (Å²) < 4.78 is 11.7. The Bertz CT molecular complexity index is 737. The van der Waals surface area contributed by atoms with E-state index in [0.29, 0.717) is 22.7 Å². The summed E-state index contributed by atoms with van der Waals surface area (Å²) in [6, 6.07) is 8.52. The zero-order chi connectivity index (χ0) is 16.1. The van der Waals surface area contributed by atoms with Gasteiger partial charge in [0.25, 0.3) is 5.56 Å². The SMILES string of the molecule is COc1ccc(NC(=O)Cn2cccc(C)c2=O)cc1OC. The van der Waals surface area contributed by atoms with Crippen molar-refractivity contribution in [1.82, 2.24) is 4.57 Å². The van der Waals surface area contributed by atoms with Crippen molar-refractivity contribution >= 4 is 11.6 Å². The van der Waals surface area contributed by atoms with Gasteiger partial charge in [-0.25, -0.2) is 0 Å². The lowest BCUT2D eigenvalue weighted by molar-refractivity contribution is -0.116. The highest BCUT2D eigenvalue weighted by atomic mass is 16.5. The zero-order valence-corrected chi connectivity index (χ0v) is 12.8. The van der Waals surface area contributed by atoms with Crippen LogP contribution in [0.2, 0.25) is 0 Å². The Morgan fingerprint density at radius 3 is 2.59 bits per heavy atom. The van der Waals surface area contributed by atoms with Crippen molar-refractivity contribution < 1.29 is 14.3 Å². The van der Waals surface area contributed by atoms with Gasteiger partial charge >= 0.3 is 0 Å². The van der Waals surface area contributed by atoms with E-state index in [9.17, 15) is 9.59 Å². The molecule has 0 aliphatic heterocycles. The summed E-state index contributed by atoms with van der Waals surface area (Å²) in [4.78, 5) is 23.9. The van der Waals surface area contributed by atoms with E-state index in [2.05, 4.69) is 5.32 Å². The molecule has 0 fully saturated rings. The number of carbonyl (C=O) groups excluding carboxylic acids is 1. The fourth-order valence-electron chi connectivity index (χ4n) is 2.05. The fourth-order valence-corrected chi connectivity index (χ4v) is 2.05.